The molecule has 106 valence electrons. The van der Waals surface area contributed by atoms with Crippen molar-refractivity contribution in [1.29, 1.82) is 0 Å². The third-order valence-corrected chi connectivity index (χ3v) is 3.39. The number of carbonyl (C=O) groups is 1. The largest absolute Gasteiger partial charge is 0.347 e. The van der Waals surface area contributed by atoms with E-state index in [1.807, 2.05) is 6.07 Å². The van der Waals surface area contributed by atoms with Gasteiger partial charge in [-0.15, -0.1) is 0 Å². The molecular formula is C16H21N3O. The first kappa shape index (κ1) is 14.3. The molecule has 1 aromatic heterocycles. The van der Waals surface area contributed by atoms with Gasteiger partial charge in [0.15, 0.2) is 0 Å². The summed E-state index contributed by atoms with van der Waals surface area (Å²) in [6.07, 6.45) is 0. The number of H-pyrrole nitrogens is 1. The quantitative estimate of drug-likeness (QED) is 0.897. The molecule has 0 atom stereocenters. The SMILES string of the molecule is Cc1ccc(CNC(=O)c2cc(C(C)C)[nH]n2)c(C)c1. The van der Waals surface area contributed by atoms with Gasteiger partial charge in [0.25, 0.3) is 5.91 Å². The number of aromatic amines is 1. The molecule has 0 saturated heterocycles. The van der Waals surface area contributed by atoms with Crippen LogP contribution in [0.3, 0.4) is 0 Å². The molecular weight excluding hydrogens is 250 g/mol. The number of hydrogen-bond acceptors (Lipinski definition) is 2. The highest BCUT2D eigenvalue weighted by atomic mass is 16.1. The van der Waals surface area contributed by atoms with Crippen LogP contribution in [0.1, 0.15) is 52.6 Å². The number of benzene rings is 1. The van der Waals surface area contributed by atoms with Crippen LogP contribution in [0, 0.1) is 13.8 Å². The Morgan fingerprint density at radius 1 is 1.30 bits per heavy atom. The Morgan fingerprint density at radius 3 is 2.65 bits per heavy atom. The second-order valence-corrected chi connectivity index (χ2v) is 5.48. The maximum Gasteiger partial charge on any atom is 0.272 e. The summed E-state index contributed by atoms with van der Waals surface area (Å²) in [6.45, 7) is 8.76. The summed E-state index contributed by atoms with van der Waals surface area (Å²) in [7, 11) is 0. The van der Waals surface area contributed by atoms with Crippen molar-refractivity contribution in [3.63, 3.8) is 0 Å². The second kappa shape index (κ2) is 5.90. The Labute approximate surface area is 119 Å². The highest BCUT2D eigenvalue weighted by molar-refractivity contribution is 5.92. The predicted octanol–water partition coefficient (Wildman–Crippen LogP) is 3.08. The molecule has 4 heteroatoms. The number of aryl methyl sites for hydroxylation is 2. The molecule has 0 unspecified atom stereocenters. The third-order valence-electron chi connectivity index (χ3n) is 3.39. The van der Waals surface area contributed by atoms with E-state index in [0.717, 1.165) is 11.3 Å². The van der Waals surface area contributed by atoms with Crippen LogP contribution in [0.5, 0.6) is 0 Å². The molecule has 0 spiro atoms. The topological polar surface area (TPSA) is 57.8 Å². The van der Waals surface area contributed by atoms with Gasteiger partial charge >= 0.3 is 0 Å². The van der Waals surface area contributed by atoms with E-state index in [-0.39, 0.29) is 5.91 Å². The van der Waals surface area contributed by atoms with Crippen molar-refractivity contribution in [1.82, 2.24) is 15.5 Å². The van der Waals surface area contributed by atoms with Gasteiger partial charge in [0.2, 0.25) is 0 Å². The van der Waals surface area contributed by atoms with E-state index in [2.05, 4.69) is 61.4 Å². The van der Waals surface area contributed by atoms with Crippen LogP contribution in [0.4, 0.5) is 0 Å². The fourth-order valence-electron chi connectivity index (χ4n) is 2.06. The lowest BCUT2D eigenvalue weighted by Gasteiger charge is -2.07. The van der Waals surface area contributed by atoms with Crippen molar-refractivity contribution in [2.45, 2.75) is 40.2 Å². The number of carbonyl (C=O) groups excluding carboxylic acids is 1. The number of nitrogens with one attached hydrogen (secondary N) is 2. The normalized spacial score (nSPS) is 10.8. The van der Waals surface area contributed by atoms with Crippen LogP contribution >= 0.6 is 0 Å². The molecule has 0 fully saturated rings. The van der Waals surface area contributed by atoms with Crippen LogP contribution < -0.4 is 5.32 Å². The smallest absolute Gasteiger partial charge is 0.272 e. The molecule has 0 aliphatic heterocycles. The summed E-state index contributed by atoms with van der Waals surface area (Å²) in [6, 6.07) is 8.03. The van der Waals surface area contributed by atoms with E-state index < -0.39 is 0 Å². The van der Waals surface area contributed by atoms with Crippen LogP contribution in [-0.4, -0.2) is 16.1 Å². The minimum atomic E-state index is -0.145. The first-order valence-electron chi connectivity index (χ1n) is 6.87. The minimum absolute atomic E-state index is 0.145. The molecule has 1 heterocycles. The van der Waals surface area contributed by atoms with Gasteiger partial charge in [-0.25, -0.2) is 0 Å². The fraction of sp³-hybridized carbons (Fsp3) is 0.375. The predicted molar refractivity (Wildman–Crippen MR) is 79.8 cm³/mol. The highest BCUT2D eigenvalue weighted by Gasteiger charge is 2.12. The average molecular weight is 271 g/mol. The summed E-state index contributed by atoms with van der Waals surface area (Å²) in [5, 5.41) is 9.85. The standard InChI is InChI=1S/C16H21N3O/c1-10(2)14-8-15(19-18-14)16(20)17-9-13-6-5-11(3)7-12(13)4/h5-8,10H,9H2,1-4H3,(H,17,20)(H,18,19). The maximum atomic E-state index is 12.0. The highest BCUT2D eigenvalue weighted by Crippen LogP contribution is 2.13. The molecule has 1 aromatic carbocycles. The molecule has 0 radical (unpaired) electrons. The summed E-state index contributed by atoms with van der Waals surface area (Å²) in [4.78, 5) is 12.0. The number of amides is 1. The molecule has 2 N–H and O–H groups in total. The molecule has 4 nitrogen and oxygen atoms in total. The zero-order valence-electron chi connectivity index (χ0n) is 12.4. The van der Waals surface area contributed by atoms with Crippen molar-refractivity contribution in [2.75, 3.05) is 0 Å². The van der Waals surface area contributed by atoms with Gasteiger partial charge in [-0.05, 0) is 37.0 Å². The maximum absolute atomic E-state index is 12.0. The van der Waals surface area contributed by atoms with Crippen LogP contribution in [0.2, 0.25) is 0 Å². The van der Waals surface area contributed by atoms with Crippen molar-refractivity contribution in [3.8, 4) is 0 Å². The summed E-state index contributed by atoms with van der Waals surface area (Å²) >= 11 is 0. The van der Waals surface area contributed by atoms with Gasteiger partial charge in [-0.3, -0.25) is 9.89 Å². The molecule has 1 amide bonds. The van der Waals surface area contributed by atoms with E-state index >= 15 is 0 Å². The molecule has 0 aliphatic rings. The summed E-state index contributed by atoms with van der Waals surface area (Å²) in [5.41, 5.74) is 4.96. The number of nitrogens with zero attached hydrogens (tertiary/aromatic N) is 1. The van der Waals surface area contributed by atoms with Gasteiger partial charge in [0.1, 0.15) is 5.69 Å². The van der Waals surface area contributed by atoms with Crippen molar-refractivity contribution >= 4 is 5.91 Å². The van der Waals surface area contributed by atoms with Gasteiger partial charge in [0, 0.05) is 12.2 Å². The lowest BCUT2D eigenvalue weighted by Crippen LogP contribution is -2.23. The monoisotopic (exact) mass is 271 g/mol. The fourth-order valence-corrected chi connectivity index (χ4v) is 2.06. The molecule has 0 bridgehead atoms. The Kier molecular flexibility index (Phi) is 4.23. The van der Waals surface area contributed by atoms with Gasteiger partial charge in [-0.2, -0.15) is 5.10 Å². The zero-order chi connectivity index (χ0) is 14.7. The molecule has 2 aromatic rings. The van der Waals surface area contributed by atoms with Crippen molar-refractivity contribution in [2.24, 2.45) is 0 Å². The van der Waals surface area contributed by atoms with Crippen LogP contribution in [-0.2, 0) is 6.54 Å². The van der Waals surface area contributed by atoms with Crippen molar-refractivity contribution < 1.29 is 4.79 Å². The van der Waals surface area contributed by atoms with Gasteiger partial charge in [-0.1, -0.05) is 37.6 Å². The Bertz CT molecular complexity index is 614. The molecule has 2 rings (SSSR count). The molecule has 20 heavy (non-hydrogen) atoms. The Hall–Kier alpha value is -2.10. The third kappa shape index (κ3) is 3.26. The Morgan fingerprint density at radius 2 is 2.05 bits per heavy atom. The second-order valence-electron chi connectivity index (χ2n) is 5.48. The summed E-state index contributed by atoms with van der Waals surface area (Å²) in [5.74, 6) is 0.191. The van der Waals surface area contributed by atoms with E-state index in [9.17, 15) is 4.79 Å². The Balaban J connectivity index is 2.01. The number of rotatable bonds is 4. The zero-order valence-corrected chi connectivity index (χ0v) is 12.4. The summed E-state index contributed by atoms with van der Waals surface area (Å²) < 4.78 is 0. The van der Waals surface area contributed by atoms with Gasteiger partial charge < -0.3 is 5.32 Å². The average Bonchev–Trinajstić information content (AvgIpc) is 2.87. The minimum Gasteiger partial charge on any atom is -0.347 e. The van der Waals surface area contributed by atoms with E-state index in [1.165, 1.54) is 11.1 Å². The van der Waals surface area contributed by atoms with Crippen LogP contribution in [0.25, 0.3) is 0 Å². The first-order chi connectivity index (χ1) is 9.47. The van der Waals surface area contributed by atoms with E-state index in [0.29, 0.717) is 18.2 Å². The number of hydrogen-bond donors (Lipinski definition) is 2. The van der Waals surface area contributed by atoms with Crippen molar-refractivity contribution in [3.05, 3.63) is 52.3 Å². The van der Waals surface area contributed by atoms with Gasteiger partial charge in [0.05, 0.1) is 0 Å². The number of aromatic nitrogens is 2. The van der Waals surface area contributed by atoms with Crippen LogP contribution in [0.15, 0.2) is 24.3 Å². The molecule has 0 saturated carbocycles. The lowest BCUT2D eigenvalue weighted by atomic mass is 10.1. The van der Waals surface area contributed by atoms with E-state index in [1.54, 1.807) is 0 Å². The lowest BCUT2D eigenvalue weighted by molar-refractivity contribution is 0.0946. The molecule has 0 aliphatic carbocycles. The first-order valence-corrected chi connectivity index (χ1v) is 6.87. The van der Waals surface area contributed by atoms with E-state index in [4.69, 9.17) is 0 Å².